The van der Waals surface area contributed by atoms with Gasteiger partial charge >= 0.3 is 0 Å². The van der Waals surface area contributed by atoms with Crippen molar-refractivity contribution < 1.29 is 13.9 Å². The van der Waals surface area contributed by atoms with Crippen LogP contribution in [0.5, 0.6) is 5.75 Å². The third kappa shape index (κ3) is 2.40. The Morgan fingerprint density at radius 2 is 2.17 bits per heavy atom. The van der Waals surface area contributed by atoms with Gasteiger partial charge in [0.2, 0.25) is 0 Å². The maximum Gasteiger partial charge on any atom is 0.251 e. The number of rotatable bonds is 3. The van der Waals surface area contributed by atoms with Gasteiger partial charge < -0.3 is 15.4 Å². The average Bonchev–Trinajstić information content (AvgIpc) is 2.96. The summed E-state index contributed by atoms with van der Waals surface area (Å²) in [5.41, 5.74) is 4.88. The Morgan fingerprint density at radius 1 is 1.29 bits per heavy atom. The van der Waals surface area contributed by atoms with Crippen molar-refractivity contribution in [2.24, 2.45) is 0 Å². The van der Waals surface area contributed by atoms with Crippen molar-refractivity contribution in [3.63, 3.8) is 0 Å². The smallest absolute Gasteiger partial charge is 0.251 e. The third-order valence-corrected chi connectivity index (χ3v) is 4.90. The number of hydrogen-bond donors (Lipinski definition) is 2. The van der Waals surface area contributed by atoms with Crippen LogP contribution < -0.4 is 15.4 Å². The molecule has 1 heterocycles. The van der Waals surface area contributed by atoms with Crippen LogP contribution in [0.4, 0.5) is 10.1 Å². The second-order valence-electron chi connectivity index (χ2n) is 6.26. The topological polar surface area (TPSA) is 50.4 Å². The number of anilines is 1. The van der Waals surface area contributed by atoms with Gasteiger partial charge in [-0.05, 0) is 60.2 Å². The van der Waals surface area contributed by atoms with Crippen molar-refractivity contribution in [1.29, 1.82) is 0 Å². The molecule has 0 aromatic heterocycles. The van der Waals surface area contributed by atoms with Crippen LogP contribution in [0.15, 0.2) is 30.3 Å². The highest BCUT2D eigenvalue weighted by Crippen LogP contribution is 2.38. The number of benzene rings is 2. The fraction of sp³-hybridized carbons (Fsp3) is 0.316. The van der Waals surface area contributed by atoms with Gasteiger partial charge in [0, 0.05) is 17.8 Å². The van der Waals surface area contributed by atoms with Gasteiger partial charge in [-0.25, -0.2) is 4.39 Å². The molecule has 1 amide bonds. The molecule has 4 nitrogen and oxygen atoms in total. The largest absolute Gasteiger partial charge is 0.494 e. The summed E-state index contributed by atoms with van der Waals surface area (Å²) >= 11 is 0. The van der Waals surface area contributed by atoms with Crippen molar-refractivity contribution in [2.75, 3.05) is 19.0 Å². The molecule has 2 N–H and O–H groups in total. The van der Waals surface area contributed by atoms with E-state index >= 15 is 0 Å². The zero-order chi connectivity index (χ0) is 16.7. The lowest BCUT2D eigenvalue weighted by Crippen LogP contribution is -2.32. The maximum atomic E-state index is 13.9. The second kappa shape index (κ2) is 5.82. The lowest BCUT2D eigenvalue weighted by molar-refractivity contribution is 0.0946. The minimum atomic E-state index is -0.314. The number of halogens is 1. The molecule has 0 bridgehead atoms. The maximum absolute atomic E-state index is 13.9. The Hall–Kier alpha value is -2.56. The number of carbonyl (C=O) groups is 1. The lowest BCUT2D eigenvalue weighted by Gasteiger charge is -2.23. The van der Waals surface area contributed by atoms with Crippen molar-refractivity contribution in [1.82, 2.24) is 5.32 Å². The number of ether oxygens (including phenoxy) is 1. The SMILES string of the molecule is COc1cc2c(cc1F)CCC2Nc1cccc2c1CCNC2=O. The number of nitrogens with one attached hydrogen (secondary N) is 2. The average molecular weight is 326 g/mol. The van der Waals surface area contributed by atoms with Crippen molar-refractivity contribution >= 4 is 11.6 Å². The Morgan fingerprint density at radius 3 is 3.00 bits per heavy atom. The zero-order valence-electron chi connectivity index (χ0n) is 13.5. The zero-order valence-corrected chi connectivity index (χ0v) is 13.5. The molecule has 0 saturated heterocycles. The van der Waals surface area contributed by atoms with E-state index in [4.69, 9.17) is 4.74 Å². The molecule has 2 aliphatic rings. The fourth-order valence-electron chi connectivity index (χ4n) is 3.70. The highest BCUT2D eigenvalue weighted by atomic mass is 19.1. The molecule has 5 heteroatoms. The monoisotopic (exact) mass is 326 g/mol. The van der Waals surface area contributed by atoms with Gasteiger partial charge in [-0.3, -0.25) is 4.79 Å². The summed E-state index contributed by atoms with van der Waals surface area (Å²) in [5, 5.41) is 6.43. The molecule has 0 fully saturated rings. The predicted octanol–water partition coefficient (Wildman–Crippen LogP) is 3.22. The first-order chi connectivity index (χ1) is 11.7. The molecule has 0 spiro atoms. The van der Waals surface area contributed by atoms with Gasteiger partial charge in [-0.2, -0.15) is 0 Å². The van der Waals surface area contributed by atoms with Gasteiger partial charge in [0.1, 0.15) is 0 Å². The molecule has 1 atom stereocenters. The Labute approximate surface area is 140 Å². The summed E-state index contributed by atoms with van der Waals surface area (Å²) in [5.74, 6) is -0.0574. The number of aryl methyl sites for hydroxylation is 1. The van der Waals surface area contributed by atoms with E-state index in [2.05, 4.69) is 10.6 Å². The van der Waals surface area contributed by atoms with Gasteiger partial charge in [-0.15, -0.1) is 0 Å². The lowest BCUT2D eigenvalue weighted by atomic mass is 9.97. The number of hydrogen-bond acceptors (Lipinski definition) is 3. The molecule has 0 radical (unpaired) electrons. The van der Waals surface area contributed by atoms with E-state index in [1.807, 2.05) is 18.2 Å². The van der Waals surface area contributed by atoms with Crippen LogP contribution in [0.1, 0.15) is 39.5 Å². The molecule has 2 aromatic rings. The highest BCUT2D eigenvalue weighted by molar-refractivity contribution is 5.98. The van der Waals surface area contributed by atoms with Gasteiger partial charge in [0.05, 0.1) is 13.2 Å². The van der Waals surface area contributed by atoms with Crippen LogP contribution in [0.25, 0.3) is 0 Å². The van der Waals surface area contributed by atoms with Gasteiger partial charge in [0.15, 0.2) is 11.6 Å². The van der Waals surface area contributed by atoms with E-state index in [1.165, 1.54) is 7.11 Å². The van der Waals surface area contributed by atoms with E-state index in [0.29, 0.717) is 6.54 Å². The molecular weight excluding hydrogens is 307 g/mol. The fourth-order valence-corrected chi connectivity index (χ4v) is 3.70. The van der Waals surface area contributed by atoms with Crippen LogP contribution in [0.2, 0.25) is 0 Å². The van der Waals surface area contributed by atoms with E-state index in [1.54, 1.807) is 12.1 Å². The van der Waals surface area contributed by atoms with Gasteiger partial charge in [-0.1, -0.05) is 6.07 Å². The highest BCUT2D eigenvalue weighted by Gasteiger charge is 2.26. The summed E-state index contributed by atoms with van der Waals surface area (Å²) in [4.78, 5) is 12.0. The van der Waals surface area contributed by atoms with E-state index in [0.717, 1.165) is 47.2 Å². The molecule has 4 rings (SSSR count). The number of methoxy groups -OCH3 is 1. The first-order valence-electron chi connectivity index (χ1n) is 8.20. The van der Waals surface area contributed by atoms with Crippen LogP contribution in [0, 0.1) is 5.82 Å². The van der Waals surface area contributed by atoms with E-state index in [-0.39, 0.29) is 23.5 Å². The molecule has 24 heavy (non-hydrogen) atoms. The molecular formula is C19H19FN2O2. The molecule has 2 aromatic carbocycles. The summed E-state index contributed by atoms with van der Waals surface area (Å²) in [6.07, 6.45) is 2.55. The van der Waals surface area contributed by atoms with Crippen molar-refractivity contribution in [3.05, 3.63) is 58.4 Å². The standard InChI is InChI=1S/C19H19FN2O2/c1-24-18-10-14-11(9-15(18)20)5-6-17(14)22-16-4-2-3-13-12(16)7-8-21-19(13)23/h2-4,9-10,17,22H,5-8H2,1H3,(H,21,23). The summed E-state index contributed by atoms with van der Waals surface area (Å²) < 4.78 is 19.0. The van der Waals surface area contributed by atoms with Crippen LogP contribution in [-0.4, -0.2) is 19.6 Å². The third-order valence-electron chi connectivity index (χ3n) is 4.90. The summed E-state index contributed by atoms with van der Waals surface area (Å²) in [7, 11) is 1.48. The van der Waals surface area contributed by atoms with Crippen LogP contribution >= 0.6 is 0 Å². The van der Waals surface area contributed by atoms with Crippen molar-refractivity contribution in [2.45, 2.75) is 25.3 Å². The predicted molar refractivity (Wildman–Crippen MR) is 90.1 cm³/mol. The minimum absolute atomic E-state index is 0.0181. The number of carbonyl (C=O) groups excluding carboxylic acids is 1. The van der Waals surface area contributed by atoms with E-state index in [9.17, 15) is 9.18 Å². The summed E-state index contributed by atoms with van der Waals surface area (Å²) in [6.45, 7) is 0.658. The van der Waals surface area contributed by atoms with Crippen molar-refractivity contribution in [3.8, 4) is 5.75 Å². The molecule has 1 aliphatic heterocycles. The second-order valence-corrected chi connectivity index (χ2v) is 6.26. The molecule has 1 unspecified atom stereocenters. The van der Waals surface area contributed by atoms with Crippen LogP contribution in [-0.2, 0) is 12.8 Å². The molecule has 0 saturated carbocycles. The Bertz CT molecular complexity index is 819. The number of fused-ring (bicyclic) bond motifs is 2. The Balaban J connectivity index is 1.67. The van der Waals surface area contributed by atoms with Gasteiger partial charge in [0.25, 0.3) is 5.91 Å². The summed E-state index contributed by atoms with van der Waals surface area (Å²) in [6, 6.07) is 9.23. The first-order valence-corrected chi connectivity index (χ1v) is 8.20. The normalized spacial score (nSPS) is 18.6. The minimum Gasteiger partial charge on any atom is -0.494 e. The van der Waals surface area contributed by atoms with E-state index < -0.39 is 0 Å². The molecule has 124 valence electrons. The number of amides is 1. The van der Waals surface area contributed by atoms with Crippen LogP contribution in [0.3, 0.4) is 0 Å². The Kier molecular flexibility index (Phi) is 3.63. The first kappa shape index (κ1) is 15.0. The quantitative estimate of drug-likeness (QED) is 0.910. The molecule has 1 aliphatic carbocycles.